The highest BCUT2D eigenvalue weighted by Crippen LogP contribution is 2.48. The van der Waals surface area contributed by atoms with Crippen molar-refractivity contribution in [2.75, 3.05) is 0 Å². The van der Waals surface area contributed by atoms with Crippen molar-refractivity contribution in [2.24, 2.45) is 15.9 Å². The molecular weight excluding hydrogens is 827 g/mol. The molecule has 0 radical (unpaired) electrons. The van der Waals surface area contributed by atoms with Crippen LogP contribution in [0.15, 0.2) is 233 Å². The number of fused-ring (bicyclic) bond motifs is 11. The molecule has 1 aliphatic rings. The Hall–Kier alpha value is -8.60. The number of benzene rings is 11. The van der Waals surface area contributed by atoms with Gasteiger partial charge in [-0.15, -0.1) is 0 Å². The third-order valence-electron chi connectivity index (χ3n) is 14.6. The van der Waals surface area contributed by atoms with Gasteiger partial charge in [-0.3, -0.25) is 4.99 Å². The first-order valence-corrected chi connectivity index (χ1v) is 23.7. The summed E-state index contributed by atoms with van der Waals surface area (Å²) < 4.78 is 9.78. The van der Waals surface area contributed by atoms with E-state index in [1.807, 2.05) is 0 Å². The predicted molar refractivity (Wildman–Crippen MR) is 286 cm³/mol. The molecule has 0 bridgehead atoms. The number of nitrogens with zero attached hydrogens (tertiary/aromatic N) is 3. The van der Waals surface area contributed by atoms with Gasteiger partial charge in [0, 0.05) is 38.6 Å². The summed E-state index contributed by atoms with van der Waals surface area (Å²) in [4.78, 5) is 11.4. The highest BCUT2D eigenvalue weighted by Gasteiger charge is 2.36. The summed E-state index contributed by atoms with van der Waals surface area (Å²) in [5, 5.41) is 14.2. The molecule has 0 amide bonds. The van der Waals surface area contributed by atoms with Gasteiger partial charge in [-0.1, -0.05) is 195 Å². The normalized spacial score (nSPS) is 15.4. The summed E-state index contributed by atoms with van der Waals surface area (Å²) >= 11 is 0. The first kappa shape index (κ1) is 38.6. The van der Waals surface area contributed by atoms with Crippen molar-refractivity contribution in [2.45, 2.75) is 19.4 Å². The summed E-state index contributed by atoms with van der Waals surface area (Å²) in [5.74, 6) is 0.658. The van der Waals surface area contributed by atoms with Gasteiger partial charge < -0.3 is 8.98 Å². The monoisotopic (exact) mass is 869 g/mol. The second kappa shape index (κ2) is 15.2. The maximum atomic E-state index is 7.28. The molecule has 0 aliphatic carbocycles. The number of amidine groups is 1. The molecule has 2 aromatic heterocycles. The second-order valence-electron chi connectivity index (χ2n) is 18.3. The van der Waals surface area contributed by atoms with E-state index in [1.54, 1.807) is 0 Å². The lowest BCUT2D eigenvalue weighted by atomic mass is 9.80. The first-order chi connectivity index (χ1) is 33.7. The van der Waals surface area contributed by atoms with E-state index in [-0.39, 0.29) is 12.0 Å². The Bertz CT molecular complexity index is 4250. The number of aromatic nitrogens is 1. The lowest BCUT2D eigenvalue weighted by Gasteiger charge is -2.31. The van der Waals surface area contributed by atoms with Crippen LogP contribution >= 0.6 is 0 Å². The van der Waals surface area contributed by atoms with Crippen molar-refractivity contribution in [3.05, 3.63) is 235 Å². The zero-order chi connectivity index (χ0) is 44.9. The van der Waals surface area contributed by atoms with E-state index in [1.165, 1.54) is 54.2 Å². The number of para-hydroxylation sites is 2. The van der Waals surface area contributed by atoms with E-state index < -0.39 is 0 Å². The van der Waals surface area contributed by atoms with E-state index in [2.05, 4.69) is 230 Å². The van der Waals surface area contributed by atoms with Gasteiger partial charge in [0.25, 0.3) is 0 Å². The van der Waals surface area contributed by atoms with Crippen LogP contribution in [0, 0.1) is 5.92 Å². The first-order valence-electron chi connectivity index (χ1n) is 23.7. The molecule has 2 atom stereocenters. The summed E-state index contributed by atoms with van der Waals surface area (Å²) in [6.45, 7) is 2.28. The number of hydrogen-bond donors (Lipinski definition) is 0. The molecule has 0 fully saturated rings. The Morgan fingerprint density at radius 2 is 1.07 bits per heavy atom. The smallest absolute Gasteiger partial charge is 0.155 e. The van der Waals surface area contributed by atoms with Crippen LogP contribution in [0.5, 0.6) is 0 Å². The van der Waals surface area contributed by atoms with Crippen molar-refractivity contribution in [1.82, 2.24) is 4.57 Å². The van der Waals surface area contributed by atoms with Gasteiger partial charge in [0.05, 0.1) is 33.9 Å². The van der Waals surface area contributed by atoms with Gasteiger partial charge in [-0.05, 0) is 91.1 Å². The van der Waals surface area contributed by atoms with Crippen LogP contribution in [0.3, 0.4) is 0 Å². The van der Waals surface area contributed by atoms with Crippen molar-refractivity contribution in [3.8, 4) is 16.8 Å². The SMILES string of the molecule is CCC1C(c2c3ccccc3c(-n3c4ccccc4c4cc5ccccc5cc43)c3c2oc2ccccc23)=NC(c2ccc(-c3ccccc3)cc2)=NC1c1ccc2c(ccc3ccccc32)c1. The van der Waals surface area contributed by atoms with Crippen molar-refractivity contribution in [3.63, 3.8) is 0 Å². The fourth-order valence-electron chi connectivity index (χ4n) is 11.4. The van der Waals surface area contributed by atoms with Crippen molar-refractivity contribution in [1.29, 1.82) is 0 Å². The molecule has 0 saturated carbocycles. The molecule has 0 saturated heterocycles. The highest BCUT2D eigenvalue weighted by atomic mass is 16.3. The fourth-order valence-corrected chi connectivity index (χ4v) is 11.4. The minimum absolute atomic E-state index is 0.0643. The van der Waals surface area contributed by atoms with Gasteiger partial charge in [0.1, 0.15) is 11.2 Å². The van der Waals surface area contributed by atoms with Crippen LogP contribution < -0.4 is 0 Å². The quantitative estimate of drug-likeness (QED) is 0.154. The van der Waals surface area contributed by atoms with Crippen molar-refractivity contribution >= 4 is 98.4 Å². The zero-order valence-corrected chi connectivity index (χ0v) is 37.4. The number of rotatable bonds is 6. The molecule has 4 nitrogen and oxygen atoms in total. The zero-order valence-electron chi connectivity index (χ0n) is 37.4. The fraction of sp³-hybridized carbons (Fsp3) is 0.0625. The average molecular weight is 870 g/mol. The molecule has 14 rings (SSSR count). The molecule has 3 heterocycles. The van der Waals surface area contributed by atoms with Crippen LogP contribution in [0.1, 0.15) is 36.1 Å². The molecule has 0 spiro atoms. The van der Waals surface area contributed by atoms with Gasteiger partial charge in [-0.2, -0.15) is 0 Å². The molecule has 320 valence electrons. The topological polar surface area (TPSA) is 42.8 Å². The maximum absolute atomic E-state index is 7.28. The van der Waals surface area contributed by atoms with E-state index in [0.29, 0.717) is 0 Å². The van der Waals surface area contributed by atoms with E-state index in [4.69, 9.17) is 14.4 Å². The number of aliphatic imine (C=N–C) groups is 2. The van der Waals surface area contributed by atoms with E-state index in [0.717, 1.165) is 84.1 Å². The minimum Gasteiger partial charge on any atom is -0.455 e. The number of hydrogen-bond acceptors (Lipinski definition) is 3. The van der Waals surface area contributed by atoms with Crippen LogP contribution in [-0.4, -0.2) is 16.1 Å². The summed E-state index contributed by atoms with van der Waals surface area (Å²) in [6, 6.07) is 78.9. The standard InChI is InChI=1S/C64H43N3O/c1-2-47-60(46-34-35-49-45(36-46)33-30-41-18-8-9-21-48(41)49)65-64(42-31-28-40(29-32-42)39-16-4-3-5-17-39)66-61(47)58-51-23-10-11-24-52(51)62(59-53-25-13-15-27-57(53)68-63(58)59)67-55-26-14-12-22-50(55)54-37-43-19-6-7-20-44(43)38-56(54)67/h3-38,47,60H,2H2,1H3. The Morgan fingerprint density at radius 1 is 0.456 bits per heavy atom. The molecule has 2 unspecified atom stereocenters. The molecule has 1 aliphatic heterocycles. The molecule has 13 aromatic rings. The van der Waals surface area contributed by atoms with E-state index >= 15 is 0 Å². The molecule has 68 heavy (non-hydrogen) atoms. The Morgan fingerprint density at radius 3 is 1.88 bits per heavy atom. The largest absolute Gasteiger partial charge is 0.455 e. The second-order valence-corrected chi connectivity index (χ2v) is 18.3. The van der Waals surface area contributed by atoms with Gasteiger partial charge >= 0.3 is 0 Å². The summed E-state index contributed by atoms with van der Waals surface area (Å²) in [6.07, 6.45) is 0.820. The number of furan rings is 1. The molecule has 4 heteroatoms. The van der Waals surface area contributed by atoms with Crippen molar-refractivity contribution < 1.29 is 4.42 Å². The third kappa shape index (κ3) is 5.87. The molecule has 11 aromatic carbocycles. The Balaban J connectivity index is 1.06. The lowest BCUT2D eigenvalue weighted by Crippen LogP contribution is -2.28. The maximum Gasteiger partial charge on any atom is 0.155 e. The third-order valence-corrected chi connectivity index (χ3v) is 14.6. The Labute approximate surface area is 392 Å². The average Bonchev–Trinajstić information content (AvgIpc) is 3.94. The summed E-state index contributed by atoms with van der Waals surface area (Å²) in [5.41, 5.74) is 11.6. The minimum atomic E-state index is -0.212. The van der Waals surface area contributed by atoms with Gasteiger partial charge in [0.2, 0.25) is 0 Å². The predicted octanol–water partition coefficient (Wildman–Crippen LogP) is 17.0. The van der Waals surface area contributed by atoms with Gasteiger partial charge in [0.15, 0.2) is 5.84 Å². The molecule has 0 N–H and O–H groups in total. The molecular formula is C64H43N3O. The van der Waals surface area contributed by atoms with Crippen LogP contribution in [0.25, 0.3) is 104 Å². The van der Waals surface area contributed by atoms with E-state index in [9.17, 15) is 0 Å². The lowest BCUT2D eigenvalue weighted by molar-refractivity contribution is 0.533. The summed E-state index contributed by atoms with van der Waals surface area (Å²) in [7, 11) is 0. The van der Waals surface area contributed by atoms with Crippen LogP contribution in [0.4, 0.5) is 0 Å². The van der Waals surface area contributed by atoms with Gasteiger partial charge in [-0.25, -0.2) is 4.99 Å². The van der Waals surface area contributed by atoms with Crippen LogP contribution in [0.2, 0.25) is 0 Å². The Kier molecular flexibility index (Phi) is 8.66. The highest BCUT2D eigenvalue weighted by molar-refractivity contribution is 6.31. The van der Waals surface area contributed by atoms with Crippen LogP contribution in [-0.2, 0) is 0 Å².